The number of rotatable bonds is 12. The van der Waals surface area contributed by atoms with Gasteiger partial charge in [-0.15, -0.1) is 0 Å². The van der Waals surface area contributed by atoms with E-state index in [1.165, 1.54) is 0 Å². The molecule has 6 rings (SSSR count). The molecular formula is C38H38Cl2N4O4. The van der Waals surface area contributed by atoms with Crippen molar-refractivity contribution in [1.29, 1.82) is 5.26 Å². The van der Waals surface area contributed by atoms with Gasteiger partial charge in [0, 0.05) is 49.6 Å². The lowest BCUT2D eigenvalue weighted by Gasteiger charge is -2.40. The first-order valence-electron chi connectivity index (χ1n) is 16.2. The van der Waals surface area contributed by atoms with E-state index in [4.69, 9.17) is 27.6 Å². The van der Waals surface area contributed by atoms with Crippen LogP contribution in [0, 0.1) is 11.3 Å². The molecule has 1 aromatic heterocycles. The highest BCUT2D eigenvalue weighted by Gasteiger charge is 2.33. The van der Waals surface area contributed by atoms with Crippen molar-refractivity contribution in [3.8, 4) is 6.07 Å². The lowest BCUT2D eigenvalue weighted by Crippen LogP contribution is -2.50. The molecule has 3 unspecified atom stereocenters. The number of carbonyl (C=O) groups is 1. The number of aliphatic hydroxyl groups excluding tert-OH is 2. The van der Waals surface area contributed by atoms with Gasteiger partial charge in [0.05, 0.1) is 41.3 Å². The number of halogens is 2. The minimum Gasteiger partial charge on any atom is -0.459 e. The fraction of sp³-hybridized carbons (Fsp3) is 0.316. The molecule has 248 valence electrons. The highest BCUT2D eigenvalue weighted by molar-refractivity contribution is 6.42. The summed E-state index contributed by atoms with van der Waals surface area (Å²) in [7, 11) is 0. The molecule has 0 radical (unpaired) electrons. The number of nitriles is 1. The largest absolute Gasteiger partial charge is 0.459 e. The van der Waals surface area contributed by atoms with Crippen molar-refractivity contribution < 1.29 is 19.4 Å². The average molecular weight is 686 g/mol. The summed E-state index contributed by atoms with van der Waals surface area (Å²) >= 11 is 12.7. The lowest BCUT2D eigenvalue weighted by molar-refractivity contribution is -0.0172. The highest BCUT2D eigenvalue weighted by Crippen LogP contribution is 2.32. The van der Waals surface area contributed by atoms with Gasteiger partial charge in [-0.3, -0.25) is 9.69 Å². The summed E-state index contributed by atoms with van der Waals surface area (Å²) in [6.07, 6.45) is 0.0135. The van der Waals surface area contributed by atoms with E-state index in [0.717, 1.165) is 58.9 Å². The van der Waals surface area contributed by atoms with Crippen molar-refractivity contribution in [2.24, 2.45) is 0 Å². The number of nitrogens with one attached hydrogen (secondary N) is 1. The van der Waals surface area contributed by atoms with Crippen LogP contribution >= 0.6 is 23.2 Å². The fourth-order valence-corrected chi connectivity index (χ4v) is 6.99. The molecule has 1 saturated heterocycles. The smallest absolute Gasteiger partial charge is 0.251 e. The SMILES string of the molecule is N#CCc1cc(C(=O)NCC(CCN2CCN(C(c3cc4ccccc4o3)C(O)CO)CC2)c2ccc(Cl)c(Cl)c2)c2ccccc2c1. The summed E-state index contributed by atoms with van der Waals surface area (Å²) in [5.74, 6) is 0.422. The topological polar surface area (TPSA) is 113 Å². The van der Waals surface area contributed by atoms with Gasteiger partial charge in [-0.25, -0.2) is 0 Å². The summed E-state index contributed by atoms with van der Waals surface area (Å²) in [5.41, 5.74) is 3.09. The first kappa shape index (κ1) is 33.9. The molecule has 0 spiro atoms. The molecule has 1 aliphatic heterocycles. The number of hydrogen-bond acceptors (Lipinski definition) is 7. The number of nitrogens with zero attached hydrogens (tertiary/aromatic N) is 3. The Hall–Kier alpha value is -3.94. The standard InChI is InChI=1S/C38H38Cl2N4O4/c39-32-10-9-26(21-33(32)40)29(23-42-38(47)31-20-25(11-13-41)19-27-5-1-3-7-30(27)31)12-14-43-15-17-44(18-16-43)37(34(46)24-45)36-22-28-6-2-4-8-35(28)48-36/h1-10,19-22,29,34,37,45-46H,11-12,14-18,23-24H2,(H,42,47). The summed E-state index contributed by atoms with van der Waals surface area (Å²) in [6, 6.07) is 28.5. The number of hydrogen-bond donors (Lipinski definition) is 3. The highest BCUT2D eigenvalue weighted by atomic mass is 35.5. The van der Waals surface area contributed by atoms with Crippen LogP contribution in [0.2, 0.25) is 10.0 Å². The number of furan rings is 1. The molecule has 0 bridgehead atoms. The van der Waals surface area contributed by atoms with Gasteiger partial charge in [-0.2, -0.15) is 5.26 Å². The van der Waals surface area contributed by atoms with Crippen LogP contribution in [0.25, 0.3) is 21.7 Å². The third-order valence-corrected chi connectivity index (χ3v) is 9.99. The molecule has 0 aliphatic carbocycles. The molecule has 1 amide bonds. The Labute approximate surface area is 290 Å². The minimum absolute atomic E-state index is 0.0326. The lowest BCUT2D eigenvalue weighted by atomic mass is 9.94. The average Bonchev–Trinajstić information content (AvgIpc) is 3.53. The van der Waals surface area contributed by atoms with Crippen molar-refractivity contribution in [3.05, 3.63) is 117 Å². The molecule has 3 atom stereocenters. The number of amides is 1. The predicted molar refractivity (Wildman–Crippen MR) is 189 cm³/mol. The molecule has 3 N–H and O–H groups in total. The number of fused-ring (bicyclic) bond motifs is 2. The number of carbonyl (C=O) groups excluding carboxylic acids is 1. The molecule has 5 aromatic rings. The predicted octanol–water partition coefficient (Wildman–Crippen LogP) is 6.57. The number of para-hydroxylation sites is 1. The Kier molecular flexibility index (Phi) is 11.0. The molecule has 1 aliphatic rings. The Bertz CT molecular complexity index is 1900. The van der Waals surface area contributed by atoms with Crippen LogP contribution < -0.4 is 5.32 Å². The first-order chi connectivity index (χ1) is 23.3. The van der Waals surface area contributed by atoms with Crippen molar-refractivity contribution in [2.75, 3.05) is 45.9 Å². The molecule has 10 heteroatoms. The molecule has 2 heterocycles. The molecule has 8 nitrogen and oxygen atoms in total. The van der Waals surface area contributed by atoms with Gasteiger partial charge >= 0.3 is 0 Å². The summed E-state index contributed by atoms with van der Waals surface area (Å²) in [6.45, 7) is 3.74. The van der Waals surface area contributed by atoms with E-state index in [2.05, 4.69) is 21.2 Å². The second kappa shape index (κ2) is 15.5. The van der Waals surface area contributed by atoms with Gasteiger partial charge in [0.1, 0.15) is 11.3 Å². The summed E-state index contributed by atoms with van der Waals surface area (Å²) in [4.78, 5) is 18.2. The van der Waals surface area contributed by atoms with Gasteiger partial charge in [-0.1, -0.05) is 77.8 Å². The monoisotopic (exact) mass is 684 g/mol. The maximum atomic E-state index is 13.6. The van der Waals surface area contributed by atoms with E-state index in [9.17, 15) is 20.3 Å². The van der Waals surface area contributed by atoms with Crippen molar-refractivity contribution >= 4 is 50.9 Å². The zero-order valence-corrected chi connectivity index (χ0v) is 28.0. The first-order valence-corrected chi connectivity index (χ1v) is 17.0. The third-order valence-electron chi connectivity index (χ3n) is 9.26. The summed E-state index contributed by atoms with van der Waals surface area (Å²) < 4.78 is 6.10. The quantitative estimate of drug-likeness (QED) is 0.136. The Morgan fingerprint density at radius 2 is 1.69 bits per heavy atom. The van der Waals surface area contributed by atoms with E-state index in [1.807, 2.05) is 72.8 Å². The van der Waals surface area contributed by atoms with Crippen LogP contribution in [-0.2, 0) is 6.42 Å². The number of piperazine rings is 1. The number of aliphatic hydroxyl groups is 2. The van der Waals surface area contributed by atoms with E-state index in [0.29, 0.717) is 41.0 Å². The second-order valence-corrected chi connectivity index (χ2v) is 13.1. The van der Waals surface area contributed by atoms with Gasteiger partial charge in [-0.05, 0) is 65.2 Å². The molecule has 4 aromatic carbocycles. The van der Waals surface area contributed by atoms with Gasteiger partial charge in [0.2, 0.25) is 0 Å². The zero-order valence-electron chi connectivity index (χ0n) is 26.5. The molecule has 0 saturated carbocycles. The van der Waals surface area contributed by atoms with E-state index in [1.54, 1.807) is 12.1 Å². The van der Waals surface area contributed by atoms with Crippen molar-refractivity contribution in [2.45, 2.75) is 30.9 Å². The molecule has 1 fully saturated rings. The Morgan fingerprint density at radius 3 is 2.42 bits per heavy atom. The van der Waals surface area contributed by atoms with Crippen LogP contribution in [-0.4, -0.2) is 77.9 Å². The number of benzene rings is 4. The van der Waals surface area contributed by atoms with Crippen LogP contribution in [0.3, 0.4) is 0 Å². The maximum absolute atomic E-state index is 13.6. The van der Waals surface area contributed by atoms with E-state index < -0.39 is 12.1 Å². The van der Waals surface area contributed by atoms with Crippen molar-refractivity contribution in [1.82, 2.24) is 15.1 Å². The van der Waals surface area contributed by atoms with Gasteiger partial charge in [0.25, 0.3) is 5.91 Å². The minimum atomic E-state index is -0.975. The Balaban J connectivity index is 1.13. The molecular weight excluding hydrogens is 647 g/mol. The van der Waals surface area contributed by atoms with Crippen LogP contribution in [0.5, 0.6) is 0 Å². The van der Waals surface area contributed by atoms with E-state index >= 15 is 0 Å². The van der Waals surface area contributed by atoms with Gasteiger partial charge < -0.3 is 24.8 Å². The molecule has 48 heavy (non-hydrogen) atoms. The second-order valence-electron chi connectivity index (χ2n) is 12.3. The maximum Gasteiger partial charge on any atom is 0.251 e. The van der Waals surface area contributed by atoms with Crippen LogP contribution in [0.1, 0.15) is 45.6 Å². The fourth-order valence-electron chi connectivity index (χ4n) is 6.68. The van der Waals surface area contributed by atoms with Crippen LogP contribution in [0.15, 0.2) is 89.3 Å². The zero-order chi connectivity index (χ0) is 33.6. The summed E-state index contributed by atoms with van der Waals surface area (Å²) in [5, 5.41) is 36.8. The Morgan fingerprint density at radius 1 is 0.938 bits per heavy atom. The van der Waals surface area contributed by atoms with Crippen molar-refractivity contribution in [3.63, 3.8) is 0 Å². The van der Waals surface area contributed by atoms with E-state index in [-0.39, 0.29) is 24.9 Å². The van der Waals surface area contributed by atoms with Crippen LogP contribution in [0.4, 0.5) is 0 Å². The van der Waals surface area contributed by atoms with Gasteiger partial charge in [0.15, 0.2) is 0 Å². The third kappa shape index (κ3) is 7.68. The normalized spacial score (nSPS) is 16.1.